The Morgan fingerprint density at radius 1 is 1.75 bits per heavy atom. The van der Waals surface area contributed by atoms with Crippen molar-refractivity contribution in [2.75, 3.05) is 13.1 Å². The normalized spacial score (nSPS) is 25.7. The fourth-order valence-corrected chi connectivity index (χ4v) is 1.60. The largest absolute Gasteiger partial charge is 0.385 e. The lowest BCUT2D eigenvalue weighted by Crippen LogP contribution is -2.30. The molecule has 1 heterocycles. The van der Waals surface area contributed by atoms with E-state index in [1.807, 2.05) is 6.92 Å². The average Bonchev–Trinajstić information content (AvgIpc) is 2.55. The van der Waals surface area contributed by atoms with E-state index < -0.39 is 6.10 Å². The molecule has 1 aliphatic rings. The maximum atomic E-state index is 11.3. The Bertz CT molecular complexity index is 153. The molecule has 0 saturated carbocycles. The van der Waals surface area contributed by atoms with Gasteiger partial charge in [-0.1, -0.05) is 6.92 Å². The number of hydrogen-bond donors (Lipinski definition) is 2. The molecule has 2 unspecified atom stereocenters. The lowest BCUT2D eigenvalue weighted by molar-refractivity contribution is -0.129. The van der Waals surface area contributed by atoms with Crippen molar-refractivity contribution >= 4 is 5.78 Å². The molecule has 1 aliphatic heterocycles. The van der Waals surface area contributed by atoms with Gasteiger partial charge in [-0.25, -0.2) is 0 Å². The van der Waals surface area contributed by atoms with Crippen LogP contribution in [-0.2, 0) is 4.79 Å². The molecule has 0 aromatic rings. The minimum absolute atomic E-state index is 0.00574. The molecule has 3 nitrogen and oxygen atoms in total. The van der Waals surface area contributed by atoms with E-state index in [1.54, 1.807) is 0 Å². The molecular formula is C9H17NO2. The van der Waals surface area contributed by atoms with Crippen LogP contribution in [0, 0.1) is 5.92 Å². The second kappa shape index (κ2) is 4.58. The maximum absolute atomic E-state index is 11.3. The first kappa shape index (κ1) is 9.68. The second-order valence-corrected chi connectivity index (χ2v) is 3.41. The van der Waals surface area contributed by atoms with Gasteiger partial charge in [0.25, 0.3) is 0 Å². The Kier molecular flexibility index (Phi) is 3.69. The minimum atomic E-state index is -0.722. The highest BCUT2D eigenvalue weighted by molar-refractivity contribution is 5.83. The summed E-state index contributed by atoms with van der Waals surface area (Å²) in [7, 11) is 0. The zero-order valence-corrected chi connectivity index (χ0v) is 7.55. The quantitative estimate of drug-likeness (QED) is 0.640. The number of Topliss-reactive ketones (excluding diaryl/α,β-unsaturated/α-hetero) is 1. The first-order valence-corrected chi connectivity index (χ1v) is 4.67. The van der Waals surface area contributed by atoms with Gasteiger partial charge in [0.2, 0.25) is 0 Å². The van der Waals surface area contributed by atoms with Crippen molar-refractivity contribution < 1.29 is 9.90 Å². The number of aliphatic hydroxyl groups excluding tert-OH is 1. The Balaban J connectivity index is 2.34. The predicted molar refractivity (Wildman–Crippen MR) is 46.9 cm³/mol. The van der Waals surface area contributed by atoms with Crippen molar-refractivity contribution in [3.8, 4) is 0 Å². The van der Waals surface area contributed by atoms with Crippen molar-refractivity contribution in [3.63, 3.8) is 0 Å². The maximum Gasteiger partial charge on any atom is 0.161 e. The fourth-order valence-electron chi connectivity index (χ4n) is 1.60. The molecule has 0 bridgehead atoms. The molecule has 1 fully saturated rings. The van der Waals surface area contributed by atoms with Gasteiger partial charge in [0.15, 0.2) is 5.78 Å². The number of carbonyl (C=O) groups excluding carboxylic acids is 1. The molecule has 0 radical (unpaired) electrons. The van der Waals surface area contributed by atoms with Crippen LogP contribution in [0.5, 0.6) is 0 Å². The van der Waals surface area contributed by atoms with E-state index in [0.29, 0.717) is 6.42 Å². The molecular weight excluding hydrogens is 154 g/mol. The summed E-state index contributed by atoms with van der Waals surface area (Å²) in [6.45, 7) is 3.68. The van der Waals surface area contributed by atoms with E-state index in [1.165, 1.54) is 0 Å². The van der Waals surface area contributed by atoms with Crippen LogP contribution < -0.4 is 5.32 Å². The molecule has 0 spiro atoms. The number of carbonyl (C=O) groups is 1. The van der Waals surface area contributed by atoms with Gasteiger partial charge in [-0.3, -0.25) is 4.79 Å². The number of ketones is 1. The fraction of sp³-hybridized carbons (Fsp3) is 0.889. The van der Waals surface area contributed by atoms with Crippen molar-refractivity contribution in [1.82, 2.24) is 5.32 Å². The molecule has 0 amide bonds. The van der Waals surface area contributed by atoms with Crippen molar-refractivity contribution in [2.45, 2.75) is 32.3 Å². The van der Waals surface area contributed by atoms with Crippen LogP contribution in [0.2, 0.25) is 0 Å². The molecule has 1 rings (SSSR count). The smallest absolute Gasteiger partial charge is 0.161 e. The number of hydrogen-bond acceptors (Lipinski definition) is 3. The lowest BCUT2D eigenvalue weighted by atomic mass is 9.96. The molecule has 0 aromatic heterocycles. The van der Waals surface area contributed by atoms with Crippen LogP contribution in [0.1, 0.15) is 26.2 Å². The monoisotopic (exact) mass is 171 g/mol. The van der Waals surface area contributed by atoms with Gasteiger partial charge in [0.05, 0.1) is 0 Å². The van der Waals surface area contributed by atoms with Gasteiger partial charge < -0.3 is 10.4 Å². The molecule has 12 heavy (non-hydrogen) atoms. The predicted octanol–water partition coefficient (Wildman–Crippen LogP) is 0.326. The van der Waals surface area contributed by atoms with Gasteiger partial charge in [-0.15, -0.1) is 0 Å². The molecule has 2 atom stereocenters. The number of rotatable bonds is 4. The summed E-state index contributed by atoms with van der Waals surface area (Å²) in [5.74, 6) is 0.162. The van der Waals surface area contributed by atoms with Gasteiger partial charge in [0, 0.05) is 18.9 Å². The highest BCUT2D eigenvalue weighted by Crippen LogP contribution is 2.14. The first-order chi connectivity index (χ1) is 5.75. The molecule has 3 heteroatoms. The number of nitrogens with one attached hydrogen (secondary N) is 1. The zero-order chi connectivity index (χ0) is 8.97. The van der Waals surface area contributed by atoms with Gasteiger partial charge in [-0.05, 0) is 19.4 Å². The molecule has 0 aromatic carbocycles. The summed E-state index contributed by atoms with van der Waals surface area (Å²) in [6.07, 6.45) is 1.55. The Labute approximate surface area is 73.2 Å². The van der Waals surface area contributed by atoms with Crippen LogP contribution in [0.3, 0.4) is 0 Å². The lowest BCUT2D eigenvalue weighted by Gasteiger charge is -2.14. The molecule has 70 valence electrons. The summed E-state index contributed by atoms with van der Waals surface area (Å²) in [5.41, 5.74) is 0. The van der Waals surface area contributed by atoms with E-state index >= 15 is 0 Å². The third-order valence-electron chi connectivity index (χ3n) is 2.37. The van der Waals surface area contributed by atoms with Crippen LogP contribution in [0.15, 0.2) is 0 Å². The van der Waals surface area contributed by atoms with Crippen molar-refractivity contribution in [2.24, 2.45) is 5.92 Å². The highest BCUT2D eigenvalue weighted by atomic mass is 16.3. The van der Waals surface area contributed by atoms with Gasteiger partial charge in [-0.2, -0.15) is 0 Å². The molecule has 0 aliphatic carbocycles. The third kappa shape index (κ3) is 2.29. The van der Waals surface area contributed by atoms with Crippen molar-refractivity contribution in [1.29, 1.82) is 0 Å². The Hall–Kier alpha value is -0.410. The van der Waals surface area contributed by atoms with E-state index in [2.05, 4.69) is 5.32 Å². The summed E-state index contributed by atoms with van der Waals surface area (Å²) >= 11 is 0. The van der Waals surface area contributed by atoms with Crippen LogP contribution in [0.25, 0.3) is 0 Å². The SMILES string of the molecule is CCCC(=O)C(O)C1CCNC1. The average molecular weight is 171 g/mol. The Morgan fingerprint density at radius 2 is 2.50 bits per heavy atom. The van der Waals surface area contributed by atoms with E-state index in [9.17, 15) is 9.90 Å². The molecule has 2 N–H and O–H groups in total. The van der Waals surface area contributed by atoms with Crippen LogP contribution in [0.4, 0.5) is 0 Å². The Morgan fingerprint density at radius 3 is 3.00 bits per heavy atom. The van der Waals surface area contributed by atoms with E-state index in [4.69, 9.17) is 0 Å². The second-order valence-electron chi connectivity index (χ2n) is 3.41. The van der Waals surface area contributed by atoms with E-state index in [-0.39, 0.29) is 11.7 Å². The van der Waals surface area contributed by atoms with E-state index in [0.717, 1.165) is 25.9 Å². The van der Waals surface area contributed by atoms with Crippen molar-refractivity contribution in [3.05, 3.63) is 0 Å². The van der Waals surface area contributed by atoms with Gasteiger partial charge in [0.1, 0.15) is 6.10 Å². The molecule has 1 saturated heterocycles. The first-order valence-electron chi connectivity index (χ1n) is 4.67. The number of aliphatic hydroxyl groups is 1. The highest BCUT2D eigenvalue weighted by Gasteiger charge is 2.27. The van der Waals surface area contributed by atoms with Crippen LogP contribution >= 0.6 is 0 Å². The standard InChI is InChI=1S/C9H17NO2/c1-2-3-8(11)9(12)7-4-5-10-6-7/h7,9-10,12H,2-6H2,1H3. The zero-order valence-electron chi connectivity index (χ0n) is 7.55. The minimum Gasteiger partial charge on any atom is -0.385 e. The summed E-state index contributed by atoms with van der Waals surface area (Å²) in [5, 5.41) is 12.7. The van der Waals surface area contributed by atoms with Crippen LogP contribution in [-0.4, -0.2) is 30.1 Å². The summed E-state index contributed by atoms with van der Waals surface area (Å²) in [6, 6.07) is 0. The third-order valence-corrected chi connectivity index (χ3v) is 2.37. The topological polar surface area (TPSA) is 49.3 Å². The summed E-state index contributed by atoms with van der Waals surface area (Å²) < 4.78 is 0. The summed E-state index contributed by atoms with van der Waals surface area (Å²) in [4.78, 5) is 11.3. The van der Waals surface area contributed by atoms with Gasteiger partial charge >= 0.3 is 0 Å².